The number of carbonyl (C=O) groups is 1. The van der Waals surface area contributed by atoms with Crippen LogP contribution in [-0.4, -0.2) is 5.78 Å². The van der Waals surface area contributed by atoms with Gasteiger partial charge in [0.05, 0.1) is 24.3 Å². The number of Topliss-reactive ketones (excluding diaryl/α,β-unsaturated/α-hetero) is 1. The molecule has 0 aromatic rings. The first kappa shape index (κ1) is 22.7. The number of hydrogen-bond acceptors (Lipinski definition) is 5. The highest BCUT2D eigenvalue weighted by atomic mass is 16.1. The Morgan fingerprint density at radius 2 is 1.07 bits per heavy atom. The molecule has 0 atom stereocenters. The van der Waals surface area contributed by atoms with Gasteiger partial charge in [0.15, 0.2) is 0 Å². The molecule has 1 rings (SSSR count). The first-order valence-corrected chi connectivity index (χ1v) is 9.74. The van der Waals surface area contributed by atoms with Crippen molar-refractivity contribution in [1.82, 2.24) is 0 Å². The second kappa shape index (κ2) is 9.53. The van der Waals surface area contributed by atoms with E-state index in [0.717, 1.165) is 0 Å². The van der Waals surface area contributed by atoms with Crippen LogP contribution in [0.25, 0.3) is 0 Å². The minimum atomic E-state index is -0.702. The number of ketones is 1. The van der Waals surface area contributed by atoms with E-state index in [0.29, 0.717) is 38.5 Å². The Morgan fingerprint density at radius 1 is 0.778 bits per heavy atom. The van der Waals surface area contributed by atoms with Crippen LogP contribution >= 0.6 is 0 Å². The molecule has 0 aromatic carbocycles. The Bertz CT molecular complexity index is 602. The summed E-state index contributed by atoms with van der Waals surface area (Å²) in [5.41, 5.74) is -1.44. The molecule has 0 amide bonds. The lowest BCUT2D eigenvalue weighted by Crippen LogP contribution is -2.52. The summed E-state index contributed by atoms with van der Waals surface area (Å²) in [4.78, 5) is 13.8. The fourth-order valence-electron chi connectivity index (χ4n) is 4.67. The van der Waals surface area contributed by atoms with Crippen LogP contribution in [0.15, 0.2) is 0 Å². The van der Waals surface area contributed by atoms with Crippen molar-refractivity contribution in [2.75, 3.05) is 0 Å². The molecule has 0 spiro atoms. The van der Waals surface area contributed by atoms with Gasteiger partial charge >= 0.3 is 0 Å². The Hall–Kier alpha value is -2.37. The molecule has 0 N–H and O–H groups in total. The van der Waals surface area contributed by atoms with Crippen molar-refractivity contribution >= 4 is 5.78 Å². The van der Waals surface area contributed by atoms with Crippen LogP contribution in [0.1, 0.15) is 85.0 Å². The van der Waals surface area contributed by atoms with Crippen molar-refractivity contribution in [1.29, 1.82) is 21.0 Å². The minimum absolute atomic E-state index is 0.0320. The van der Waals surface area contributed by atoms with Gasteiger partial charge in [0.1, 0.15) is 5.78 Å². The van der Waals surface area contributed by atoms with Gasteiger partial charge in [-0.1, -0.05) is 20.8 Å². The lowest BCUT2D eigenvalue weighted by Gasteiger charge is -2.53. The van der Waals surface area contributed by atoms with Gasteiger partial charge in [0.2, 0.25) is 0 Å². The van der Waals surface area contributed by atoms with Crippen LogP contribution in [0.2, 0.25) is 0 Å². The first-order valence-electron chi connectivity index (χ1n) is 9.74. The van der Waals surface area contributed by atoms with Crippen LogP contribution in [0.5, 0.6) is 0 Å². The summed E-state index contributed by atoms with van der Waals surface area (Å²) in [6, 6.07) is 8.66. The summed E-state index contributed by atoms with van der Waals surface area (Å²) in [5.74, 6) is 0.330. The summed E-state index contributed by atoms with van der Waals surface area (Å²) in [7, 11) is 0. The Labute approximate surface area is 163 Å². The number of carbonyl (C=O) groups excluding carboxylic acids is 1. The molecule has 0 aromatic heterocycles. The van der Waals surface area contributed by atoms with E-state index in [9.17, 15) is 4.79 Å². The van der Waals surface area contributed by atoms with E-state index in [1.54, 1.807) is 0 Å². The van der Waals surface area contributed by atoms with Crippen LogP contribution in [0.4, 0.5) is 0 Å². The van der Waals surface area contributed by atoms with Crippen LogP contribution < -0.4 is 0 Å². The highest BCUT2D eigenvalue weighted by molar-refractivity contribution is 5.91. The zero-order valence-electron chi connectivity index (χ0n) is 16.8. The lowest BCUT2D eigenvalue weighted by molar-refractivity contribution is -0.152. The average molecular weight is 367 g/mol. The Balaban J connectivity index is 3.48. The average Bonchev–Trinajstić information content (AvgIpc) is 2.63. The quantitative estimate of drug-likeness (QED) is 0.586. The first-order chi connectivity index (χ1) is 12.7. The molecule has 0 saturated heterocycles. The van der Waals surface area contributed by atoms with E-state index in [4.69, 9.17) is 21.0 Å². The number of nitrogens with zero attached hydrogens (tertiary/aromatic N) is 4. The van der Waals surface area contributed by atoms with Gasteiger partial charge in [-0.3, -0.25) is 4.79 Å². The summed E-state index contributed by atoms with van der Waals surface area (Å²) in [6.45, 7) is 6.48. The lowest BCUT2D eigenvalue weighted by atomic mass is 9.49. The van der Waals surface area contributed by atoms with E-state index in [1.165, 1.54) is 0 Å². The van der Waals surface area contributed by atoms with E-state index in [1.807, 2.05) is 0 Å². The SMILES string of the molecule is CC(C)(C)C1CC(CCC#N)(CCC#N)C(=O)C(CCC#N)(CCC#N)C1. The van der Waals surface area contributed by atoms with Gasteiger partial charge in [-0.25, -0.2) is 0 Å². The Kier molecular flexibility index (Phi) is 8.00. The van der Waals surface area contributed by atoms with Gasteiger partial charge in [0.25, 0.3) is 0 Å². The molecule has 144 valence electrons. The van der Waals surface area contributed by atoms with E-state index in [-0.39, 0.29) is 42.8 Å². The molecule has 0 aliphatic heterocycles. The van der Waals surface area contributed by atoms with Gasteiger partial charge < -0.3 is 0 Å². The van der Waals surface area contributed by atoms with Crippen molar-refractivity contribution in [3.05, 3.63) is 0 Å². The molecular formula is C22H30N4O. The molecule has 27 heavy (non-hydrogen) atoms. The van der Waals surface area contributed by atoms with Crippen molar-refractivity contribution in [2.45, 2.75) is 85.0 Å². The molecule has 0 unspecified atom stereocenters. The van der Waals surface area contributed by atoms with E-state index >= 15 is 0 Å². The summed E-state index contributed by atoms with van der Waals surface area (Å²) in [5, 5.41) is 36.6. The highest BCUT2D eigenvalue weighted by Crippen LogP contribution is 2.57. The molecule has 1 aliphatic rings. The van der Waals surface area contributed by atoms with E-state index < -0.39 is 10.8 Å². The minimum Gasteiger partial charge on any atom is -0.298 e. The van der Waals surface area contributed by atoms with Gasteiger partial charge in [-0.15, -0.1) is 0 Å². The summed E-state index contributed by atoms with van der Waals surface area (Å²) >= 11 is 0. The fraction of sp³-hybridized carbons (Fsp3) is 0.773. The second-order valence-corrected chi connectivity index (χ2v) is 8.99. The maximum atomic E-state index is 13.8. The third kappa shape index (κ3) is 5.31. The largest absolute Gasteiger partial charge is 0.298 e. The zero-order valence-corrected chi connectivity index (χ0v) is 16.8. The molecule has 0 bridgehead atoms. The molecule has 5 nitrogen and oxygen atoms in total. The predicted octanol–water partition coefficient (Wildman–Crippen LogP) is 5.20. The third-order valence-corrected chi connectivity index (χ3v) is 6.32. The van der Waals surface area contributed by atoms with Crippen LogP contribution in [0.3, 0.4) is 0 Å². The highest BCUT2D eigenvalue weighted by Gasteiger charge is 2.56. The molecule has 0 radical (unpaired) electrons. The topological polar surface area (TPSA) is 112 Å². The molecule has 5 heteroatoms. The van der Waals surface area contributed by atoms with Crippen molar-refractivity contribution in [3.8, 4) is 24.3 Å². The summed E-state index contributed by atoms with van der Waals surface area (Å²) in [6.07, 6.45) is 4.30. The molecule has 1 fully saturated rings. The third-order valence-electron chi connectivity index (χ3n) is 6.32. The summed E-state index contributed by atoms with van der Waals surface area (Å²) < 4.78 is 0. The monoisotopic (exact) mass is 366 g/mol. The number of nitriles is 4. The van der Waals surface area contributed by atoms with Crippen molar-refractivity contribution in [2.24, 2.45) is 22.2 Å². The van der Waals surface area contributed by atoms with Crippen LogP contribution in [0, 0.1) is 67.5 Å². The van der Waals surface area contributed by atoms with Crippen LogP contribution in [-0.2, 0) is 4.79 Å². The maximum absolute atomic E-state index is 13.8. The maximum Gasteiger partial charge on any atom is 0.145 e. The standard InChI is InChI=1S/C22H30N4O/c1-20(2,3)18-16-21(8-4-12-23,9-5-13-24)19(27)22(17-18,10-6-14-25)11-7-15-26/h18H,4-11,16-17H2,1-3H3. The van der Waals surface area contributed by atoms with Gasteiger partial charge in [0, 0.05) is 36.5 Å². The molecule has 1 aliphatic carbocycles. The molecule has 0 heterocycles. The normalized spacial score (nSPS) is 18.7. The van der Waals surface area contributed by atoms with Gasteiger partial charge in [-0.05, 0) is 49.9 Å². The fourth-order valence-corrected chi connectivity index (χ4v) is 4.67. The van der Waals surface area contributed by atoms with Crippen molar-refractivity contribution < 1.29 is 4.79 Å². The Morgan fingerprint density at radius 3 is 1.30 bits per heavy atom. The number of rotatable bonds is 8. The molecular weight excluding hydrogens is 336 g/mol. The van der Waals surface area contributed by atoms with Gasteiger partial charge in [-0.2, -0.15) is 21.0 Å². The molecule has 1 saturated carbocycles. The predicted molar refractivity (Wildman–Crippen MR) is 101 cm³/mol. The second-order valence-electron chi connectivity index (χ2n) is 8.99. The van der Waals surface area contributed by atoms with E-state index in [2.05, 4.69) is 45.0 Å². The smallest absolute Gasteiger partial charge is 0.145 e. The zero-order chi connectivity index (χ0) is 20.6. The number of hydrogen-bond donors (Lipinski definition) is 0. The van der Waals surface area contributed by atoms with Crippen molar-refractivity contribution in [3.63, 3.8) is 0 Å².